The molecular formula is C28H28F3N3O4. The lowest BCUT2D eigenvalue weighted by Crippen LogP contribution is -2.40. The van der Waals surface area contributed by atoms with Gasteiger partial charge in [0.2, 0.25) is 0 Å². The smallest absolute Gasteiger partial charge is 0.416 e. The van der Waals surface area contributed by atoms with Gasteiger partial charge in [-0.1, -0.05) is 31.5 Å². The Morgan fingerprint density at radius 2 is 1.61 bits per heavy atom. The zero-order valence-corrected chi connectivity index (χ0v) is 21.3. The second kappa shape index (κ2) is 11.9. The quantitative estimate of drug-likeness (QED) is 0.450. The highest BCUT2D eigenvalue weighted by molar-refractivity contribution is 6.01. The van der Waals surface area contributed by atoms with Crippen molar-refractivity contribution in [2.75, 3.05) is 18.1 Å². The number of allylic oxidation sites excluding steroid dienone is 1. The largest absolute Gasteiger partial charge is 0.463 e. The Labute approximate surface area is 218 Å². The summed E-state index contributed by atoms with van der Waals surface area (Å²) in [5.41, 5.74) is 6.78. The summed E-state index contributed by atoms with van der Waals surface area (Å²) >= 11 is 0. The molecule has 7 nitrogen and oxygen atoms in total. The van der Waals surface area contributed by atoms with E-state index in [0.717, 1.165) is 12.1 Å². The third-order valence-corrected chi connectivity index (χ3v) is 5.96. The number of carbonyl (C=O) groups excluding carboxylic acids is 2. The number of halogens is 3. The second-order valence-electron chi connectivity index (χ2n) is 8.40. The molecule has 0 spiro atoms. The number of esters is 2. The Morgan fingerprint density at radius 3 is 2.13 bits per heavy atom. The molecule has 0 saturated heterocycles. The molecule has 0 radical (unpaired) electrons. The van der Waals surface area contributed by atoms with Gasteiger partial charge in [-0.2, -0.15) is 18.4 Å². The maximum atomic E-state index is 13.6. The number of hydrogen-bond donors (Lipinski definition) is 1. The Morgan fingerprint density at radius 1 is 1.00 bits per heavy atom. The van der Waals surface area contributed by atoms with Crippen LogP contribution in [-0.4, -0.2) is 25.2 Å². The number of alkyl halides is 3. The van der Waals surface area contributed by atoms with Gasteiger partial charge in [-0.05, 0) is 56.2 Å². The molecule has 10 heteroatoms. The Bertz CT molecular complexity index is 1310. The van der Waals surface area contributed by atoms with E-state index in [1.54, 1.807) is 26.0 Å². The minimum atomic E-state index is -4.63. The van der Waals surface area contributed by atoms with Crippen LogP contribution in [0.5, 0.6) is 0 Å². The van der Waals surface area contributed by atoms with Gasteiger partial charge in [0.15, 0.2) is 0 Å². The Balaban J connectivity index is 2.41. The van der Waals surface area contributed by atoms with Crippen molar-refractivity contribution in [2.24, 2.45) is 5.73 Å². The number of anilines is 1. The SMILES string of the molecule is CCCC1=C(C(=O)OCC)C(c2ccc(C#N)cc2)C(C(=O)OCC)=C(N)N1c1cccc(C(F)(F)F)c1. The molecule has 0 fully saturated rings. The molecule has 0 bridgehead atoms. The third-order valence-electron chi connectivity index (χ3n) is 5.96. The Hall–Kier alpha value is -4.26. The molecular weight excluding hydrogens is 499 g/mol. The van der Waals surface area contributed by atoms with Crippen molar-refractivity contribution in [2.45, 2.75) is 45.7 Å². The van der Waals surface area contributed by atoms with Crippen LogP contribution in [0.25, 0.3) is 0 Å². The molecule has 1 unspecified atom stereocenters. The zero-order valence-electron chi connectivity index (χ0n) is 21.3. The van der Waals surface area contributed by atoms with Crippen LogP contribution in [0.1, 0.15) is 56.2 Å². The second-order valence-corrected chi connectivity index (χ2v) is 8.40. The highest BCUT2D eigenvalue weighted by Gasteiger charge is 2.43. The number of rotatable bonds is 8. The van der Waals surface area contributed by atoms with Crippen LogP contribution in [-0.2, 0) is 25.2 Å². The predicted molar refractivity (Wildman–Crippen MR) is 134 cm³/mol. The number of carbonyl (C=O) groups is 2. The van der Waals surface area contributed by atoms with Gasteiger partial charge in [0.05, 0.1) is 47.5 Å². The number of nitrogens with two attached hydrogens (primary N) is 1. The van der Waals surface area contributed by atoms with Crippen LogP contribution in [0.15, 0.2) is 71.2 Å². The third kappa shape index (κ3) is 5.67. The topological polar surface area (TPSA) is 106 Å². The van der Waals surface area contributed by atoms with E-state index >= 15 is 0 Å². The molecule has 3 rings (SSSR count). The van der Waals surface area contributed by atoms with Gasteiger partial charge in [-0.25, -0.2) is 9.59 Å². The molecule has 0 saturated carbocycles. The first-order valence-corrected chi connectivity index (χ1v) is 12.1. The average molecular weight is 528 g/mol. The monoisotopic (exact) mass is 527 g/mol. The molecule has 200 valence electrons. The molecule has 0 amide bonds. The van der Waals surface area contributed by atoms with Crippen LogP contribution in [0.3, 0.4) is 0 Å². The molecule has 1 heterocycles. The average Bonchev–Trinajstić information content (AvgIpc) is 2.88. The van der Waals surface area contributed by atoms with E-state index in [-0.39, 0.29) is 42.3 Å². The van der Waals surface area contributed by atoms with Gasteiger partial charge in [0.1, 0.15) is 5.82 Å². The highest BCUT2D eigenvalue weighted by atomic mass is 19.4. The zero-order chi connectivity index (χ0) is 28.0. The van der Waals surface area contributed by atoms with Crippen molar-refractivity contribution in [1.82, 2.24) is 0 Å². The molecule has 1 aliphatic heterocycles. The van der Waals surface area contributed by atoms with Crippen molar-refractivity contribution in [3.63, 3.8) is 0 Å². The summed E-state index contributed by atoms with van der Waals surface area (Å²) in [5.74, 6) is -2.76. The van der Waals surface area contributed by atoms with E-state index < -0.39 is 29.6 Å². The van der Waals surface area contributed by atoms with Crippen molar-refractivity contribution in [3.8, 4) is 6.07 Å². The lowest BCUT2D eigenvalue weighted by molar-refractivity contribution is -0.140. The predicted octanol–water partition coefficient (Wildman–Crippen LogP) is 5.53. The first-order valence-electron chi connectivity index (χ1n) is 12.1. The van der Waals surface area contributed by atoms with Crippen LogP contribution in [0.4, 0.5) is 18.9 Å². The summed E-state index contributed by atoms with van der Waals surface area (Å²) in [5, 5.41) is 9.23. The van der Waals surface area contributed by atoms with Crippen LogP contribution in [0, 0.1) is 11.3 Å². The summed E-state index contributed by atoms with van der Waals surface area (Å²) in [6.07, 6.45) is -3.87. The van der Waals surface area contributed by atoms with E-state index in [4.69, 9.17) is 15.2 Å². The molecule has 1 atom stereocenters. The molecule has 1 aliphatic rings. The summed E-state index contributed by atoms with van der Waals surface area (Å²) in [7, 11) is 0. The number of benzene rings is 2. The normalized spacial score (nSPS) is 15.8. The van der Waals surface area contributed by atoms with E-state index in [2.05, 4.69) is 0 Å². The maximum Gasteiger partial charge on any atom is 0.416 e. The molecule has 0 aromatic heterocycles. The summed E-state index contributed by atoms with van der Waals surface area (Å²) in [6, 6.07) is 12.8. The fraction of sp³-hybridized carbons (Fsp3) is 0.321. The first-order chi connectivity index (χ1) is 18.1. The van der Waals surface area contributed by atoms with Crippen molar-refractivity contribution in [1.29, 1.82) is 5.26 Å². The minimum absolute atomic E-state index is 0.000463. The fourth-order valence-electron chi connectivity index (χ4n) is 4.40. The molecule has 38 heavy (non-hydrogen) atoms. The van der Waals surface area contributed by atoms with E-state index in [1.807, 2.05) is 13.0 Å². The van der Waals surface area contributed by atoms with Crippen LogP contribution in [0.2, 0.25) is 0 Å². The van der Waals surface area contributed by atoms with Crippen molar-refractivity contribution in [3.05, 3.63) is 87.9 Å². The van der Waals surface area contributed by atoms with Crippen molar-refractivity contribution >= 4 is 17.6 Å². The standard InChI is InChI=1S/C28H28F3N3O4/c1-4-8-21-23(26(35)37-5-2)22(18-13-11-17(16-32)12-14-18)24(27(36)38-6-3)25(33)34(21)20-10-7-9-19(15-20)28(29,30)31/h7,9-15,22H,4-6,8,33H2,1-3H3. The Kier molecular flexibility index (Phi) is 8.84. The molecule has 0 aliphatic carbocycles. The van der Waals surface area contributed by atoms with Crippen LogP contribution >= 0.6 is 0 Å². The lowest BCUT2D eigenvalue weighted by atomic mass is 9.79. The minimum Gasteiger partial charge on any atom is -0.463 e. The maximum absolute atomic E-state index is 13.6. The highest BCUT2D eigenvalue weighted by Crippen LogP contribution is 2.45. The van der Waals surface area contributed by atoms with Gasteiger partial charge in [0.25, 0.3) is 0 Å². The van der Waals surface area contributed by atoms with E-state index in [0.29, 0.717) is 23.2 Å². The number of ether oxygens (including phenoxy) is 2. The first kappa shape index (κ1) is 28.3. The number of hydrogen-bond acceptors (Lipinski definition) is 7. The molecule has 2 aromatic rings. The summed E-state index contributed by atoms with van der Waals surface area (Å²) in [6.45, 7) is 5.10. The van der Waals surface area contributed by atoms with Gasteiger partial charge < -0.3 is 15.2 Å². The van der Waals surface area contributed by atoms with Gasteiger partial charge in [-0.15, -0.1) is 0 Å². The summed E-state index contributed by atoms with van der Waals surface area (Å²) < 4.78 is 51.4. The number of nitriles is 1. The summed E-state index contributed by atoms with van der Waals surface area (Å²) in [4.78, 5) is 28.1. The number of nitrogens with zero attached hydrogens (tertiary/aromatic N) is 2. The molecule has 2 aromatic carbocycles. The van der Waals surface area contributed by atoms with Crippen LogP contribution < -0.4 is 10.6 Å². The van der Waals surface area contributed by atoms with E-state index in [9.17, 15) is 28.0 Å². The van der Waals surface area contributed by atoms with Gasteiger partial charge in [0, 0.05) is 11.4 Å². The van der Waals surface area contributed by atoms with Crippen molar-refractivity contribution < 1.29 is 32.2 Å². The van der Waals surface area contributed by atoms with Gasteiger partial charge in [-0.3, -0.25) is 4.90 Å². The van der Waals surface area contributed by atoms with Gasteiger partial charge >= 0.3 is 18.1 Å². The fourth-order valence-corrected chi connectivity index (χ4v) is 4.40. The van der Waals surface area contributed by atoms with E-state index in [1.165, 1.54) is 29.2 Å². The molecule has 2 N–H and O–H groups in total. The lowest BCUT2D eigenvalue weighted by Gasteiger charge is -2.38.